The number of carbonyl (C=O) groups is 1. The zero-order valence-electron chi connectivity index (χ0n) is 19.4. The van der Waals surface area contributed by atoms with Gasteiger partial charge in [0.2, 0.25) is 16.0 Å². The van der Waals surface area contributed by atoms with Crippen molar-refractivity contribution in [2.75, 3.05) is 57.8 Å². The van der Waals surface area contributed by atoms with Crippen LogP contribution in [0.4, 0.5) is 5.13 Å². The quantitative estimate of drug-likeness (QED) is 0.553. The average Bonchev–Trinajstić information content (AvgIpc) is 3.44. The van der Waals surface area contributed by atoms with Crippen molar-refractivity contribution in [3.8, 4) is 17.0 Å². The molecule has 9 heteroatoms. The summed E-state index contributed by atoms with van der Waals surface area (Å²) in [6.45, 7) is 8.73. The third-order valence-electron chi connectivity index (χ3n) is 6.68. The Morgan fingerprint density at radius 2 is 1.94 bits per heavy atom. The van der Waals surface area contributed by atoms with Crippen molar-refractivity contribution in [3.05, 3.63) is 30.5 Å². The number of methoxy groups -OCH3 is 1. The number of ether oxygens (including phenoxy) is 1. The normalized spacial score (nSPS) is 19.9. The third-order valence-corrected chi connectivity index (χ3v) is 7.67. The number of piperidine rings is 1. The van der Waals surface area contributed by atoms with Crippen molar-refractivity contribution < 1.29 is 9.53 Å². The van der Waals surface area contributed by atoms with E-state index in [0.29, 0.717) is 5.91 Å². The highest BCUT2D eigenvalue weighted by Gasteiger charge is 2.32. The van der Waals surface area contributed by atoms with Crippen LogP contribution in [0.1, 0.15) is 26.2 Å². The van der Waals surface area contributed by atoms with Crippen LogP contribution < -0.4 is 9.64 Å². The van der Waals surface area contributed by atoms with Crippen LogP contribution in [0, 0.1) is 5.92 Å². The Kier molecular flexibility index (Phi) is 6.50. The number of anilines is 1. The fourth-order valence-electron chi connectivity index (χ4n) is 4.84. The molecule has 4 heterocycles. The second-order valence-electron chi connectivity index (χ2n) is 8.92. The highest BCUT2D eigenvalue weighted by Crippen LogP contribution is 2.30. The lowest BCUT2D eigenvalue weighted by molar-refractivity contribution is -0.137. The van der Waals surface area contributed by atoms with Crippen LogP contribution >= 0.6 is 11.3 Å². The Morgan fingerprint density at radius 3 is 2.64 bits per heavy atom. The Balaban J connectivity index is 1.24. The van der Waals surface area contributed by atoms with Gasteiger partial charge in [0.05, 0.1) is 24.9 Å². The number of rotatable bonds is 6. The number of nitrogens with zero attached hydrogens (tertiary/aromatic N) is 6. The SMILES string of the molecule is CCCN1CCN(C(=O)[C@@H]2CCCN(c3nn4cc(-c5ccc(OC)cc5)nc4s3)C2)CC1. The smallest absolute Gasteiger partial charge is 0.227 e. The van der Waals surface area contributed by atoms with E-state index in [0.717, 1.165) is 85.8 Å². The van der Waals surface area contributed by atoms with Crippen LogP contribution in [-0.4, -0.2) is 83.2 Å². The van der Waals surface area contributed by atoms with E-state index in [2.05, 4.69) is 21.6 Å². The largest absolute Gasteiger partial charge is 0.497 e. The summed E-state index contributed by atoms with van der Waals surface area (Å²) in [6.07, 6.45) is 5.13. The number of piperazine rings is 1. The number of aromatic nitrogens is 3. The Morgan fingerprint density at radius 1 is 1.15 bits per heavy atom. The first-order valence-electron chi connectivity index (χ1n) is 11.9. The predicted octanol–water partition coefficient (Wildman–Crippen LogP) is 3.24. The molecule has 2 aromatic heterocycles. The van der Waals surface area contributed by atoms with Crippen molar-refractivity contribution in [1.29, 1.82) is 0 Å². The Hall–Kier alpha value is -2.65. The maximum Gasteiger partial charge on any atom is 0.227 e. The second-order valence-corrected chi connectivity index (χ2v) is 9.85. The van der Waals surface area contributed by atoms with Crippen LogP contribution in [0.15, 0.2) is 30.5 Å². The summed E-state index contributed by atoms with van der Waals surface area (Å²) < 4.78 is 7.10. The molecule has 2 aliphatic rings. The van der Waals surface area contributed by atoms with E-state index < -0.39 is 0 Å². The number of hydrogen-bond acceptors (Lipinski definition) is 7. The van der Waals surface area contributed by atoms with Gasteiger partial charge in [-0.2, -0.15) is 0 Å². The summed E-state index contributed by atoms with van der Waals surface area (Å²) in [7, 11) is 1.67. The number of carbonyl (C=O) groups excluding carboxylic acids is 1. The van der Waals surface area contributed by atoms with Gasteiger partial charge in [0, 0.05) is 44.8 Å². The van der Waals surface area contributed by atoms with Crippen LogP contribution in [-0.2, 0) is 4.79 Å². The maximum atomic E-state index is 13.2. The molecule has 0 N–H and O–H groups in total. The number of benzene rings is 1. The molecule has 1 aromatic carbocycles. The number of hydrogen-bond donors (Lipinski definition) is 0. The molecule has 0 bridgehead atoms. The highest BCUT2D eigenvalue weighted by atomic mass is 32.1. The summed E-state index contributed by atoms with van der Waals surface area (Å²) in [5.74, 6) is 1.21. The average molecular weight is 469 g/mol. The molecule has 3 aromatic rings. The first-order chi connectivity index (χ1) is 16.1. The van der Waals surface area contributed by atoms with E-state index in [-0.39, 0.29) is 5.92 Å². The predicted molar refractivity (Wildman–Crippen MR) is 131 cm³/mol. The van der Waals surface area contributed by atoms with Crippen molar-refractivity contribution in [3.63, 3.8) is 0 Å². The minimum atomic E-state index is 0.0579. The molecule has 1 amide bonds. The highest BCUT2D eigenvalue weighted by molar-refractivity contribution is 7.20. The summed E-state index contributed by atoms with van der Waals surface area (Å²) >= 11 is 1.59. The molecule has 0 aliphatic carbocycles. The van der Waals surface area contributed by atoms with E-state index >= 15 is 0 Å². The number of amides is 1. The molecule has 0 unspecified atom stereocenters. The molecule has 2 aliphatic heterocycles. The lowest BCUT2D eigenvalue weighted by Crippen LogP contribution is -2.52. The molecule has 5 rings (SSSR count). The van der Waals surface area contributed by atoms with Gasteiger partial charge >= 0.3 is 0 Å². The van der Waals surface area contributed by atoms with Crippen molar-refractivity contribution in [2.45, 2.75) is 26.2 Å². The fraction of sp³-hybridized carbons (Fsp3) is 0.542. The van der Waals surface area contributed by atoms with Crippen LogP contribution in [0.3, 0.4) is 0 Å². The van der Waals surface area contributed by atoms with Gasteiger partial charge in [-0.05, 0) is 50.1 Å². The zero-order chi connectivity index (χ0) is 22.8. The van der Waals surface area contributed by atoms with Crippen LogP contribution in [0.5, 0.6) is 5.75 Å². The minimum Gasteiger partial charge on any atom is -0.497 e. The molecule has 2 fully saturated rings. The second kappa shape index (κ2) is 9.69. The summed E-state index contributed by atoms with van der Waals surface area (Å²) in [5, 5.41) is 5.74. The fourth-order valence-corrected chi connectivity index (χ4v) is 5.76. The molecule has 8 nitrogen and oxygen atoms in total. The molecular formula is C24H32N6O2S. The molecule has 33 heavy (non-hydrogen) atoms. The molecule has 1 atom stereocenters. The van der Waals surface area contributed by atoms with Gasteiger partial charge in [0.25, 0.3) is 0 Å². The Bertz CT molecular complexity index is 1050. The summed E-state index contributed by atoms with van der Waals surface area (Å²) in [6, 6.07) is 7.90. The third kappa shape index (κ3) is 4.70. The van der Waals surface area contributed by atoms with Gasteiger partial charge in [-0.25, -0.2) is 9.50 Å². The first kappa shape index (κ1) is 22.2. The van der Waals surface area contributed by atoms with Crippen molar-refractivity contribution in [1.82, 2.24) is 24.4 Å². The lowest BCUT2D eigenvalue weighted by Gasteiger charge is -2.38. The lowest BCUT2D eigenvalue weighted by atomic mass is 9.96. The maximum absolute atomic E-state index is 13.2. The van der Waals surface area contributed by atoms with Crippen LogP contribution in [0.2, 0.25) is 0 Å². The zero-order valence-corrected chi connectivity index (χ0v) is 20.3. The Labute approximate surface area is 198 Å². The molecule has 176 valence electrons. The van der Waals surface area contributed by atoms with Gasteiger partial charge in [0.1, 0.15) is 5.75 Å². The van der Waals surface area contributed by atoms with Crippen LogP contribution in [0.25, 0.3) is 16.2 Å². The van der Waals surface area contributed by atoms with E-state index in [4.69, 9.17) is 14.8 Å². The summed E-state index contributed by atoms with van der Waals surface area (Å²) in [4.78, 5) is 25.7. The minimum absolute atomic E-state index is 0.0579. The van der Waals surface area contributed by atoms with Gasteiger partial charge in [-0.15, -0.1) is 5.10 Å². The van der Waals surface area contributed by atoms with Gasteiger partial charge in [0.15, 0.2) is 0 Å². The van der Waals surface area contributed by atoms with E-state index in [1.54, 1.807) is 18.4 Å². The molecule has 2 saturated heterocycles. The molecule has 0 spiro atoms. The van der Waals surface area contributed by atoms with E-state index in [1.165, 1.54) is 6.42 Å². The standard InChI is InChI=1S/C24H32N6O2S/c1-3-10-27-12-14-28(15-13-27)22(31)19-5-4-11-29(16-19)24-26-30-17-21(25-23(30)33-24)18-6-8-20(32-2)9-7-18/h6-9,17,19H,3-5,10-16H2,1-2H3/t19-/m1/s1. The monoisotopic (exact) mass is 468 g/mol. The van der Waals surface area contributed by atoms with E-state index in [9.17, 15) is 4.79 Å². The molecular weight excluding hydrogens is 436 g/mol. The van der Waals surface area contributed by atoms with Gasteiger partial charge < -0.3 is 14.5 Å². The topological polar surface area (TPSA) is 66.2 Å². The van der Waals surface area contributed by atoms with Gasteiger partial charge in [-0.1, -0.05) is 18.3 Å². The molecule has 0 radical (unpaired) electrons. The van der Waals surface area contributed by atoms with Gasteiger partial charge in [-0.3, -0.25) is 9.69 Å². The molecule has 0 saturated carbocycles. The van der Waals surface area contributed by atoms with E-state index in [1.807, 2.05) is 35.0 Å². The number of imidazole rings is 1. The van der Waals surface area contributed by atoms with Crippen molar-refractivity contribution >= 4 is 27.3 Å². The summed E-state index contributed by atoms with van der Waals surface area (Å²) in [5.41, 5.74) is 1.94. The van der Waals surface area contributed by atoms with Crippen molar-refractivity contribution in [2.24, 2.45) is 5.92 Å². The number of fused-ring (bicyclic) bond motifs is 1. The first-order valence-corrected chi connectivity index (χ1v) is 12.7.